The molecule has 0 bridgehead atoms. The van der Waals surface area contributed by atoms with E-state index in [4.69, 9.17) is 14.6 Å². The molecule has 2 N–H and O–H groups in total. The van der Waals surface area contributed by atoms with E-state index in [2.05, 4.69) is 5.10 Å². The topological polar surface area (TPSA) is 96.4 Å². The molecule has 1 aromatic heterocycles. The normalized spacial score (nSPS) is 11.4. The minimum Gasteiger partial charge on any atom is -0.497 e. The van der Waals surface area contributed by atoms with Gasteiger partial charge in [-0.3, -0.25) is 4.68 Å². The van der Waals surface area contributed by atoms with Gasteiger partial charge in [-0.05, 0) is 35.4 Å². The molecule has 0 atom stereocenters. The van der Waals surface area contributed by atoms with Gasteiger partial charge in [0.1, 0.15) is 11.5 Å². The molecule has 27 heavy (non-hydrogen) atoms. The Morgan fingerprint density at radius 3 is 1.93 bits per heavy atom. The molecule has 0 radical (unpaired) electrons. The summed E-state index contributed by atoms with van der Waals surface area (Å²) in [5.41, 5.74) is 2.45. The van der Waals surface area contributed by atoms with Gasteiger partial charge in [-0.15, -0.1) is 0 Å². The van der Waals surface area contributed by atoms with Gasteiger partial charge in [0.05, 0.1) is 20.8 Å². The van der Waals surface area contributed by atoms with Crippen LogP contribution in [0.3, 0.4) is 0 Å². The molecule has 0 aliphatic carbocycles. The maximum Gasteiger partial charge on any atom is 0.257 e. The fourth-order valence-corrected chi connectivity index (χ4v) is 3.48. The van der Waals surface area contributed by atoms with E-state index in [9.17, 15) is 8.42 Å². The second-order valence-corrected chi connectivity index (χ2v) is 7.55. The van der Waals surface area contributed by atoms with Crippen LogP contribution in [0.2, 0.25) is 0 Å². The molecule has 0 unspecified atom stereocenters. The van der Waals surface area contributed by atoms with Gasteiger partial charge in [-0.25, -0.2) is 13.6 Å². The van der Waals surface area contributed by atoms with Crippen molar-refractivity contribution in [2.75, 3.05) is 14.2 Å². The molecular weight excluding hydrogens is 366 g/mol. The molecule has 3 aromatic rings. The van der Waals surface area contributed by atoms with Crippen LogP contribution in [0.1, 0.15) is 16.7 Å². The van der Waals surface area contributed by atoms with E-state index in [1.54, 1.807) is 25.1 Å². The predicted octanol–water partition coefficient (Wildman–Crippen LogP) is 2.19. The van der Waals surface area contributed by atoms with E-state index in [0.29, 0.717) is 18.5 Å². The molecule has 2 aromatic carbocycles. The van der Waals surface area contributed by atoms with Crippen molar-refractivity contribution in [1.82, 2.24) is 9.78 Å². The zero-order valence-corrected chi connectivity index (χ0v) is 15.9. The number of hydrogen-bond donors (Lipinski definition) is 1. The van der Waals surface area contributed by atoms with Gasteiger partial charge in [-0.1, -0.05) is 24.3 Å². The minimum atomic E-state index is -3.93. The van der Waals surface area contributed by atoms with Crippen molar-refractivity contribution >= 4 is 10.0 Å². The first-order valence-electron chi connectivity index (χ1n) is 8.24. The third kappa shape index (κ3) is 4.66. The third-order valence-electron chi connectivity index (χ3n) is 4.13. The molecule has 3 rings (SSSR count). The fourth-order valence-electron chi connectivity index (χ4n) is 2.77. The first-order valence-corrected chi connectivity index (χ1v) is 9.78. The summed E-state index contributed by atoms with van der Waals surface area (Å²) in [6, 6.07) is 14.9. The van der Waals surface area contributed by atoms with Crippen molar-refractivity contribution in [1.29, 1.82) is 0 Å². The van der Waals surface area contributed by atoms with Gasteiger partial charge in [-0.2, -0.15) is 5.10 Å². The second kappa shape index (κ2) is 7.81. The molecule has 0 spiro atoms. The number of nitrogens with zero attached hydrogens (tertiary/aromatic N) is 2. The largest absolute Gasteiger partial charge is 0.497 e. The zero-order chi connectivity index (χ0) is 19.4. The van der Waals surface area contributed by atoms with Gasteiger partial charge >= 0.3 is 0 Å². The van der Waals surface area contributed by atoms with E-state index in [1.807, 2.05) is 48.5 Å². The summed E-state index contributed by atoms with van der Waals surface area (Å²) in [4.78, 5) is 0. The highest BCUT2D eigenvalue weighted by molar-refractivity contribution is 7.89. The van der Waals surface area contributed by atoms with Crippen LogP contribution in [0.5, 0.6) is 11.5 Å². The molecule has 0 saturated heterocycles. The average Bonchev–Trinajstić information content (AvgIpc) is 3.05. The molecular formula is C19H21N3O4S. The Bertz CT molecular complexity index is 1010. The minimum absolute atomic E-state index is 0.105. The Balaban J connectivity index is 1.87. The molecule has 0 aliphatic heterocycles. The Kier molecular flexibility index (Phi) is 5.48. The van der Waals surface area contributed by atoms with Crippen LogP contribution in [-0.4, -0.2) is 32.4 Å². The van der Waals surface area contributed by atoms with Crippen LogP contribution in [0.25, 0.3) is 0 Å². The zero-order valence-electron chi connectivity index (χ0n) is 15.1. The van der Waals surface area contributed by atoms with Crippen molar-refractivity contribution in [3.63, 3.8) is 0 Å². The molecule has 1 heterocycles. The lowest BCUT2D eigenvalue weighted by molar-refractivity contribution is 0.414. The Labute approximate surface area is 158 Å². The molecule has 7 nitrogen and oxygen atoms in total. The number of rotatable bonds is 7. The van der Waals surface area contributed by atoms with Crippen LogP contribution in [0.15, 0.2) is 59.8 Å². The number of aromatic nitrogens is 2. The standard InChI is InChI=1S/C19H21N3O4S/c1-25-17-7-3-14(4-8-17)11-16-13-22(21-19(16)27(20,23)24)12-15-5-9-18(26-2)10-6-15/h3-10,13H,11-12H2,1-2H3,(H2,20,23,24). The highest BCUT2D eigenvalue weighted by atomic mass is 32.2. The van der Waals surface area contributed by atoms with E-state index in [-0.39, 0.29) is 5.03 Å². The quantitative estimate of drug-likeness (QED) is 0.670. The number of ether oxygens (including phenoxy) is 2. The number of hydrogen-bond acceptors (Lipinski definition) is 5. The summed E-state index contributed by atoms with van der Waals surface area (Å²) >= 11 is 0. The summed E-state index contributed by atoms with van der Waals surface area (Å²) in [6.07, 6.45) is 2.12. The van der Waals surface area contributed by atoms with Gasteiger partial charge in [0.25, 0.3) is 10.0 Å². The average molecular weight is 387 g/mol. The summed E-state index contributed by atoms with van der Waals surface area (Å²) in [5, 5.41) is 9.45. The summed E-state index contributed by atoms with van der Waals surface area (Å²) in [6.45, 7) is 0.426. The summed E-state index contributed by atoms with van der Waals surface area (Å²) in [7, 11) is -0.727. The van der Waals surface area contributed by atoms with E-state index >= 15 is 0 Å². The van der Waals surface area contributed by atoms with Crippen molar-refractivity contribution in [3.8, 4) is 11.5 Å². The SMILES string of the molecule is COc1ccc(Cc2cn(Cc3ccc(OC)cc3)nc2S(N)(=O)=O)cc1. The molecule has 0 amide bonds. The van der Waals surface area contributed by atoms with Crippen molar-refractivity contribution in [2.24, 2.45) is 5.14 Å². The molecule has 0 fully saturated rings. The van der Waals surface area contributed by atoms with Crippen molar-refractivity contribution in [3.05, 3.63) is 71.4 Å². The summed E-state index contributed by atoms with van der Waals surface area (Å²) < 4.78 is 35.8. The Hall–Kier alpha value is -2.84. The first-order chi connectivity index (χ1) is 12.9. The van der Waals surface area contributed by atoms with Gasteiger partial charge in [0.2, 0.25) is 0 Å². The predicted molar refractivity (Wildman–Crippen MR) is 101 cm³/mol. The fraction of sp³-hybridized carbons (Fsp3) is 0.211. The number of sulfonamides is 1. The van der Waals surface area contributed by atoms with Crippen LogP contribution >= 0.6 is 0 Å². The first kappa shape index (κ1) is 18.9. The smallest absolute Gasteiger partial charge is 0.257 e. The number of nitrogens with two attached hydrogens (primary N) is 1. The van der Waals surface area contributed by atoms with Crippen LogP contribution in [0, 0.1) is 0 Å². The lowest BCUT2D eigenvalue weighted by atomic mass is 10.1. The van der Waals surface area contributed by atoms with E-state index in [0.717, 1.165) is 22.6 Å². The van der Waals surface area contributed by atoms with E-state index in [1.165, 1.54) is 0 Å². The highest BCUT2D eigenvalue weighted by Crippen LogP contribution is 2.20. The van der Waals surface area contributed by atoms with Crippen LogP contribution in [-0.2, 0) is 23.0 Å². The second-order valence-electron chi connectivity index (χ2n) is 6.08. The Morgan fingerprint density at radius 1 is 0.926 bits per heavy atom. The van der Waals surface area contributed by atoms with Crippen molar-refractivity contribution in [2.45, 2.75) is 18.0 Å². The third-order valence-corrected chi connectivity index (χ3v) is 5.01. The number of primary sulfonamides is 1. The molecule has 0 saturated carbocycles. The monoisotopic (exact) mass is 387 g/mol. The number of benzene rings is 2. The highest BCUT2D eigenvalue weighted by Gasteiger charge is 2.19. The number of methoxy groups -OCH3 is 2. The lowest BCUT2D eigenvalue weighted by Gasteiger charge is -2.04. The van der Waals surface area contributed by atoms with Gasteiger partial charge in [0, 0.05) is 18.2 Å². The maximum atomic E-state index is 12.0. The van der Waals surface area contributed by atoms with Crippen LogP contribution < -0.4 is 14.6 Å². The molecule has 8 heteroatoms. The van der Waals surface area contributed by atoms with Crippen molar-refractivity contribution < 1.29 is 17.9 Å². The summed E-state index contributed by atoms with van der Waals surface area (Å²) in [5.74, 6) is 1.49. The molecule has 142 valence electrons. The lowest BCUT2D eigenvalue weighted by Crippen LogP contribution is -2.15. The Morgan fingerprint density at radius 2 is 1.44 bits per heavy atom. The van der Waals surface area contributed by atoms with Crippen LogP contribution in [0.4, 0.5) is 0 Å². The molecule has 0 aliphatic rings. The van der Waals surface area contributed by atoms with Gasteiger partial charge < -0.3 is 9.47 Å². The van der Waals surface area contributed by atoms with Gasteiger partial charge in [0.15, 0.2) is 5.03 Å². The maximum absolute atomic E-state index is 12.0. The van der Waals surface area contributed by atoms with E-state index < -0.39 is 10.0 Å².